The zero-order valence-electron chi connectivity index (χ0n) is 11.8. The minimum absolute atomic E-state index is 0.180. The van der Waals surface area contributed by atoms with E-state index in [4.69, 9.17) is 11.6 Å². The van der Waals surface area contributed by atoms with Crippen LogP contribution in [-0.2, 0) is 11.2 Å². The van der Waals surface area contributed by atoms with Crippen LogP contribution in [0, 0.1) is 11.2 Å². The standard InChI is InChI=1S/C16H21ClFNO/c1-2-6-16(7-3-8-19-11-16)15(20)10-12-9-13(18)4-5-14(12)17/h4-5,9,19H,2-3,6-8,10-11H2,1H3. The molecule has 0 saturated carbocycles. The normalized spacial score (nSPS) is 22.8. The number of carbonyl (C=O) groups is 1. The fraction of sp³-hybridized carbons (Fsp3) is 0.562. The van der Waals surface area contributed by atoms with Gasteiger partial charge in [0.1, 0.15) is 11.6 Å². The van der Waals surface area contributed by atoms with Crippen LogP contribution >= 0.6 is 11.6 Å². The Balaban J connectivity index is 2.18. The highest BCUT2D eigenvalue weighted by atomic mass is 35.5. The summed E-state index contributed by atoms with van der Waals surface area (Å²) in [6.45, 7) is 3.80. The van der Waals surface area contributed by atoms with Crippen LogP contribution in [0.25, 0.3) is 0 Å². The molecule has 2 nitrogen and oxygen atoms in total. The van der Waals surface area contributed by atoms with E-state index in [9.17, 15) is 9.18 Å². The van der Waals surface area contributed by atoms with Crippen molar-refractivity contribution >= 4 is 17.4 Å². The highest BCUT2D eigenvalue weighted by molar-refractivity contribution is 6.31. The third-order valence-corrected chi connectivity index (χ3v) is 4.52. The van der Waals surface area contributed by atoms with Crippen molar-refractivity contribution in [2.24, 2.45) is 5.41 Å². The first-order valence-electron chi connectivity index (χ1n) is 7.25. The Labute approximate surface area is 124 Å². The van der Waals surface area contributed by atoms with E-state index >= 15 is 0 Å². The van der Waals surface area contributed by atoms with Gasteiger partial charge in [0.15, 0.2) is 0 Å². The summed E-state index contributed by atoms with van der Waals surface area (Å²) in [5.74, 6) is -0.164. The summed E-state index contributed by atoms with van der Waals surface area (Å²) in [4.78, 5) is 12.7. The molecule has 0 aliphatic carbocycles. The van der Waals surface area contributed by atoms with Gasteiger partial charge in [-0.1, -0.05) is 24.9 Å². The van der Waals surface area contributed by atoms with Crippen molar-refractivity contribution in [1.29, 1.82) is 0 Å². The third kappa shape index (κ3) is 3.39. The van der Waals surface area contributed by atoms with Crippen LogP contribution in [0.5, 0.6) is 0 Å². The molecule has 0 aromatic heterocycles. The number of carbonyl (C=O) groups excluding carboxylic acids is 1. The van der Waals surface area contributed by atoms with Crippen molar-refractivity contribution in [3.63, 3.8) is 0 Å². The smallest absolute Gasteiger partial charge is 0.144 e. The summed E-state index contributed by atoms with van der Waals surface area (Å²) >= 11 is 6.07. The summed E-state index contributed by atoms with van der Waals surface area (Å²) < 4.78 is 13.3. The predicted molar refractivity (Wildman–Crippen MR) is 79.6 cm³/mol. The van der Waals surface area contributed by atoms with Crippen LogP contribution < -0.4 is 5.32 Å². The number of Topliss-reactive ketones (excluding diaryl/α,β-unsaturated/α-hetero) is 1. The molecule has 1 heterocycles. The van der Waals surface area contributed by atoms with E-state index in [1.54, 1.807) is 0 Å². The number of hydrogen-bond acceptors (Lipinski definition) is 2. The first-order chi connectivity index (χ1) is 9.57. The molecule has 1 aromatic carbocycles. The molecule has 1 N–H and O–H groups in total. The SMILES string of the molecule is CCCC1(C(=O)Cc2cc(F)ccc2Cl)CCCNC1. The first-order valence-corrected chi connectivity index (χ1v) is 7.63. The quantitative estimate of drug-likeness (QED) is 0.896. The van der Waals surface area contributed by atoms with Gasteiger partial charge in [-0.3, -0.25) is 4.79 Å². The van der Waals surface area contributed by atoms with E-state index in [0.29, 0.717) is 10.6 Å². The van der Waals surface area contributed by atoms with Gasteiger partial charge in [0.05, 0.1) is 0 Å². The molecule has 0 bridgehead atoms. The Kier molecular flexibility index (Phi) is 5.17. The lowest BCUT2D eigenvalue weighted by Crippen LogP contribution is -2.46. The minimum Gasteiger partial charge on any atom is -0.316 e. The van der Waals surface area contributed by atoms with Gasteiger partial charge >= 0.3 is 0 Å². The largest absolute Gasteiger partial charge is 0.316 e. The Morgan fingerprint density at radius 3 is 2.95 bits per heavy atom. The second-order valence-corrected chi connectivity index (χ2v) is 6.05. The van der Waals surface area contributed by atoms with Crippen molar-refractivity contribution < 1.29 is 9.18 Å². The van der Waals surface area contributed by atoms with Gasteiger partial charge in [0.2, 0.25) is 0 Å². The average molecular weight is 298 g/mol. The number of hydrogen-bond donors (Lipinski definition) is 1. The van der Waals surface area contributed by atoms with E-state index in [-0.39, 0.29) is 23.4 Å². The van der Waals surface area contributed by atoms with Gasteiger partial charge in [0, 0.05) is 23.4 Å². The summed E-state index contributed by atoms with van der Waals surface area (Å²) in [7, 11) is 0. The second-order valence-electron chi connectivity index (χ2n) is 5.65. The number of benzene rings is 1. The van der Waals surface area contributed by atoms with E-state index in [2.05, 4.69) is 12.2 Å². The fourth-order valence-corrected chi connectivity index (χ4v) is 3.26. The number of ketones is 1. The Bertz CT molecular complexity index is 478. The number of piperidine rings is 1. The lowest BCUT2D eigenvalue weighted by molar-refractivity contribution is -0.129. The van der Waals surface area contributed by atoms with Crippen LogP contribution in [0.3, 0.4) is 0 Å². The molecule has 2 rings (SSSR count). The van der Waals surface area contributed by atoms with Crippen LogP contribution in [0.4, 0.5) is 4.39 Å². The first kappa shape index (κ1) is 15.5. The lowest BCUT2D eigenvalue weighted by atomic mass is 9.72. The van der Waals surface area contributed by atoms with Gasteiger partial charge in [0.25, 0.3) is 0 Å². The molecule has 1 atom stereocenters. The second kappa shape index (κ2) is 6.68. The average Bonchev–Trinajstić information content (AvgIpc) is 2.44. The molecular formula is C16H21ClFNO. The van der Waals surface area contributed by atoms with Crippen molar-refractivity contribution in [2.75, 3.05) is 13.1 Å². The summed E-state index contributed by atoms with van der Waals surface area (Å²) in [5.41, 5.74) is 0.292. The van der Waals surface area contributed by atoms with Gasteiger partial charge in [-0.2, -0.15) is 0 Å². The Hall–Kier alpha value is -0.930. The van der Waals surface area contributed by atoms with Crippen molar-refractivity contribution in [2.45, 2.75) is 39.0 Å². The number of halogens is 2. The van der Waals surface area contributed by atoms with Gasteiger partial charge < -0.3 is 5.32 Å². The minimum atomic E-state index is -0.344. The Morgan fingerprint density at radius 2 is 2.30 bits per heavy atom. The molecule has 1 saturated heterocycles. The van der Waals surface area contributed by atoms with Gasteiger partial charge in [-0.25, -0.2) is 4.39 Å². The summed E-state index contributed by atoms with van der Waals surface area (Å²) in [5, 5.41) is 3.79. The molecule has 1 fully saturated rings. The fourth-order valence-electron chi connectivity index (χ4n) is 3.08. The zero-order chi connectivity index (χ0) is 14.6. The monoisotopic (exact) mass is 297 g/mol. The maximum Gasteiger partial charge on any atom is 0.144 e. The van der Waals surface area contributed by atoms with Crippen LogP contribution in [0.2, 0.25) is 5.02 Å². The number of rotatable bonds is 5. The highest BCUT2D eigenvalue weighted by Gasteiger charge is 2.38. The maximum atomic E-state index is 13.3. The molecule has 1 unspecified atom stereocenters. The van der Waals surface area contributed by atoms with Crippen molar-refractivity contribution in [3.8, 4) is 0 Å². The molecule has 1 aromatic rings. The number of nitrogens with one attached hydrogen (secondary N) is 1. The van der Waals surface area contributed by atoms with Crippen LogP contribution in [0.1, 0.15) is 38.2 Å². The molecule has 1 aliphatic rings. The van der Waals surface area contributed by atoms with E-state index in [1.165, 1.54) is 18.2 Å². The van der Waals surface area contributed by atoms with Crippen LogP contribution in [-0.4, -0.2) is 18.9 Å². The molecule has 4 heteroatoms. The molecule has 0 spiro atoms. The van der Waals surface area contributed by atoms with Crippen LogP contribution in [0.15, 0.2) is 18.2 Å². The molecule has 1 aliphatic heterocycles. The molecular weight excluding hydrogens is 277 g/mol. The molecule has 110 valence electrons. The van der Waals surface area contributed by atoms with Crippen molar-refractivity contribution in [3.05, 3.63) is 34.6 Å². The summed E-state index contributed by atoms with van der Waals surface area (Å²) in [6.07, 6.45) is 4.01. The molecule has 20 heavy (non-hydrogen) atoms. The van der Waals surface area contributed by atoms with Crippen molar-refractivity contribution in [1.82, 2.24) is 5.32 Å². The molecule has 0 radical (unpaired) electrons. The van der Waals surface area contributed by atoms with E-state index < -0.39 is 0 Å². The highest BCUT2D eigenvalue weighted by Crippen LogP contribution is 2.34. The topological polar surface area (TPSA) is 29.1 Å². The zero-order valence-corrected chi connectivity index (χ0v) is 12.6. The third-order valence-electron chi connectivity index (χ3n) is 4.15. The van der Waals surface area contributed by atoms with Gasteiger partial charge in [-0.05, 0) is 49.6 Å². The Morgan fingerprint density at radius 1 is 1.50 bits per heavy atom. The predicted octanol–water partition coefficient (Wildman–Crippen LogP) is 3.76. The maximum absolute atomic E-state index is 13.3. The summed E-state index contributed by atoms with van der Waals surface area (Å²) in [6, 6.07) is 4.21. The van der Waals surface area contributed by atoms with Gasteiger partial charge in [-0.15, -0.1) is 0 Å². The van der Waals surface area contributed by atoms with E-state index in [1.807, 2.05) is 0 Å². The lowest BCUT2D eigenvalue weighted by Gasteiger charge is -2.36. The molecule has 0 amide bonds. The van der Waals surface area contributed by atoms with E-state index in [0.717, 1.165) is 38.8 Å².